The topological polar surface area (TPSA) is 37.3 Å². The van der Waals surface area contributed by atoms with Crippen LogP contribution in [0.1, 0.15) is 10.4 Å². The van der Waals surface area contributed by atoms with Gasteiger partial charge in [-0.05, 0) is 67.7 Å². The number of carboxylic acids is 1. The summed E-state index contributed by atoms with van der Waals surface area (Å²) in [6.45, 7) is 0. The SMILES string of the molecule is O=C(O)c1ccc2cc(-c3ccc4ccc5ccccc5c4c3)ccc2c1. The average Bonchev–Trinajstić information content (AvgIpc) is 2.72. The summed E-state index contributed by atoms with van der Waals surface area (Å²) < 4.78 is 0. The lowest BCUT2D eigenvalue weighted by Gasteiger charge is -2.09. The van der Waals surface area contributed by atoms with Gasteiger partial charge in [0.1, 0.15) is 0 Å². The highest BCUT2D eigenvalue weighted by atomic mass is 16.4. The van der Waals surface area contributed by atoms with Crippen LogP contribution >= 0.6 is 0 Å². The molecule has 0 spiro atoms. The van der Waals surface area contributed by atoms with Gasteiger partial charge in [0.05, 0.1) is 5.56 Å². The van der Waals surface area contributed by atoms with Gasteiger partial charge in [0.15, 0.2) is 0 Å². The standard InChI is InChI=1S/C25H16O2/c26-25(27)22-12-11-18-13-19(9-10-20(18)14-22)21-8-7-17-6-5-16-3-1-2-4-23(16)24(17)15-21/h1-15H,(H,26,27). The third kappa shape index (κ3) is 2.63. The Kier molecular flexibility index (Phi) is 3.44. The summed E-state index contributed by atoms with van der Waals surface area (Å²) in [7, 11) is 0. The molecule has 128 valence electrons. The number of carboxylic acid groups (broad SMARTS) is 1. The number of fused-ring (bicyclic) bond motifs is 4. The lowest BCUT2D eigenvalue weighted by atomic mass is 9.95. The van der Waals surface area contributed by atoms with Crippen molar-refractivity contribution in [3.05, 3.63) is 96.6 Å². The van der Waals surface area contributed by atoms with Gasteiger partial charge in [-0.15, -0.1) is 0 Å². The zero-order valence-corrected chi connectivity index (χ0v) is 14.5. The van der Waals surface area contributed by atoms with Crippen molar-refractivity contribution in [1.82, 2.24) is 0 Å². The van der Waals surface area contributed by atoms with Crippen LogP contribution in [0.15, 0.2) is 91.0 Å². The quantitative estimate of drug-likeness (QED) is 0.369. The van der Waals surface area contributed by atoms with Gasteiger partial charge < -0.3 is 5.11 Å². The van der Waals surface area contributed by atoms with Crippen molar-refractivity contribution < 1.29 is 9.90 Å². The zero-order valence-electron chi connectivity index (χ0n) is 14.5. The minimum Gasteiger partial charge on any atom is -0.478 e. The second kappa shape index (κ2) is 5.96. The first-order valence-electron chi connectivity index (χ1n) is 8.88. The second-order valence-electron chi connectivity index (χ2n) is 6.80. The lowest BCUT2D eigenvalue weighted by molar-refractivity contribution is 0.0697. The Morgan fingerprint density at radius 3 is 1.96 bits per heavy atom. The normalized spacial score (nSPS) is 11.3. The maximum Gasteiger partial charge on any atom is 0.335 e. The van der Waals surface area contributed by atoms with Gasteiger partial charge in [-0.1, -0.05) is 66.7 Å². The first-order valence-corrected chi connectivity index (χ1v) is 8.88. The van der Waals surface area contributed by atoms with E-state index in [4.69, 9.17) is 5.11 Å². The Morgan fingerprint density at radius 1 is 0.556 bits per heavy atom. The van der Waals surface area contributed by atoms with Crippen molar-refractivity contribution in [2.75, 3.05) is 0 Å². The van der Waals surface area contributed by atoms with Crippen LogP contribution in [0.2, 0.25) is 0 Å². The van der Waals surface area contributed by atoms with E-state index in [0.29, 0.717) is 5.56 Å². The molecule has 0 saturated carbocycles. The van der Waals surface area contributed by atoms with Crippen molar-refractivity contribution in [1.29, 1.82) is 0 Å². The monoisotopic (exact) mass is 348 g/mol. The van der Waals surface area contributed by atoms with E-state index in [1.54, 1.807) is 12.1 Å². The summed E-state index contributed by atoms with van der Waals surface area (Å²) in [5.41, 5.74) is 2.59. The third-order valence-corrected chi connectivity index (χ3v) is 5.17. The molecule has 5 aromatic carbocycles. The van der Waals surface area contributed by atoms with E-state index < -0.39 is 5.97 Å². The zero-order chi connectivity index (χ0) is 18.4. The molecule has 0 fully saturated rings. The van der Waals surface area contributed by atoms with Gasteiger partial charge in [0.2, 0.25) is 0 Å². The highest BCUT2D eigenvalue weighted by Gasteiger charge is 2.07. The van der Waals surface area contributed by atoms with Crippen LogP contribution in [-0.2, 0) is 0 Å². The predicted molar refractivity (Wildman–Crippen MR) is 111 cm³/mol. The van der Waals surface area contributed by atoms with E-state index in [-0.39, 0.29) is 0 Å². The molecule has 0 atom stereocenters. The largest absolute Gasteiger partial charge is 0.478 e. The lowest BCUT2D eigenvalue weighted by Crippen LogP contribution is -1.95. The number of hydrogen-bond acceptors (Lipinski definition) is 1. The van der Waals surface area contributed by atoms with Gasteiger partial charge in [-0.25, -0.2) is 4.79 Å². The number of benzene rings is 5. The van der Waals surface area contributed by atoms with E-state index in [0.717, 1.165) is 21.9 Å². The fourth-order valence-corrected chi connectivity index (χ4v) is 3.74. The van der Waals surface area contributed by atoms with Crippen molar-refractivity contribution in [2.45, 2.75) is 0 Å². The first kappa shape index (κ1) is 15.6. The Bertz CT molecular complexity index is 1350. The number of carbonyl (C=O) groups is 1. The summed E-state index contributed by atoms with van der Waals surface area (Å²) in [6, 6.07) is 30.7. The summed E-state index contributed by atoms with van der Waals surface area (Å²) >= 11 is 0. The molecule has 0 unspecified atom stereocenters. The van der Waals surface area contributed by atoms with E-state index in [1.165, 1.54) is 21.5 Å². The van der Waals surface area contributed by atoms with Crippen molar-refractivity contribution in [3.8, 4) is 11.1 Å². The summed E-state index contributed by atoms with van der Waals surface area (Å²) in [5, 5.41) is 16.1. The molecule has 5 rings (SSSR count). The molecule has 0 aliphatic rings. The Hall–Kier alpha value is -3.65. The molecule has 0 aliphatic carbocycles. The molecule has 0 aliphatic heterocycles. The van der Waals surface area contributed by atoms with Crippen LogP contribution < -0.4 is 0 Å². The molecular formula is C25H16O2. The van der Waals surface area contributed by atoms with Crippen LogP contribution in [0.4, 0.5) is 0 Å². The highest BCUT2D eigenvalue weighted by molar-refractivity contribution is 6.08. The van der Waals surface area contributed by atoms with E-state index in [9.17, 15) is 4.79 Å². The average molecular weight is 348 g/mol. The molecule has 2 heteroatoms. The molecule has 5 aromatic rings. The summed E-state index contributed by atoms with van der Waals surface area (Å²) in [4.78, 5) is 11.2. The molecule has 0 bridgehead atoms. The van der Waals surface area contributed by atoms with Crippen molar-refractivity contribution in [2.24, 2.45) is 0 Å². The fourth-order valence-electron chi connectivity index (χ4n) is 3.74. The van der Waals surface area contributed by atoms with Crippen LogP contribution in [0.3, 0.4) is 0 Å². The predicted octanol–water partition coefficient (Wildman–Crippen LogP) is 6.51. The van der Waals surface area contributed by atoms with Crippen molar-refractivity contribution >= 4 is 38.3 Å². The van der Waals surface area contributed by atoms with Gasteiger partial charge in [-0.2, -0.15) is 0 Å². The molecule has 0 radical (unpaired) electrons. The summed E-state index contributed by atoms with van der Waals surface area (Å²) in [6.07, 6.45) is 0. The second-order valence-corrected chi connectivity index (χ2v) is 6.80. The molecule has 27 heavy (non-hydrogen) atoms. The maximum atomic E-state index is 11.2. The molecule has 2 nitrogen and oxygen atoms in total. The fraction of sp³-hybridized carbons (Fsp3) is 0. The molecule has 0 heterocycles. The van der Waals surface area contributed by atoms with Crippen LogP contribution in [0.5, 0.6) is 0 Å². The van der Waals surface area contributed by atoms with Crippen molar-refractivity contribution in [3.63, 3.8) is 0 Å². The Morgan fingerprint density at radius 2 is 1.15 bits per heavy atom. The first-order chi connectivity index (χ1) is 13.2. The van der Waals surface area contributed by atoms with Crippen LogP contribution in [-0.4, -0.2) is 11.1 Å². The van der Waals surface area contributed by atoms with Crippen LogP contribution in [0.25, 0.3) is 43.4 Å². The van der Waals surface area contributed by atoms with Gasteiger partial charge in [0.25, 0.3) is 0 Å². The maximum absolute atomic E-state index is 11.2. The summed E-state index contributed by atoms with van der Waals surface area (Å²) in [5.74, 6) is -0.901. The van der Waals surface area contributed by atoms with E-state index in [1.807, 2.05) is 12.1 Å². The smallest absolute Gasteiger partial charge is 0.335 e. The van der Waals surface area contributed by atoms with Gasteiger partial charge in [-0.3, -0.25) is 0 Å². The Balaban J connectivity index is 1.69. The van der Waals surface area contributed by atoms with Gasteiger partial charge >= 0.3 is 5.97 Å². The molecule has 0 saturated heterocycles. The molecule has 1 N–H and O–H groups in total. The van der Waals surface area contributed by atoms with E-state index in [2.05, 4.69) is 66.7 Å². The number of hydrogen-bond donors (Lipinski definition) is 1. The molecule has 0 amide bonds. The molecule has 0 aromatic heterocycles. The van der Waals surface area contributed by atoms with Crippen LogP contribution in [0, 0.1) is 0 Å². The van der Waals surface area contributed by atoms with Gasteiger partial charge in [0, 0.05) is 0 Å². The minimum atomic E-state index is -0.901. The highest BCUT2D eigenvalue weighted by Crippen LogP contribution is 2.31. The van der Waals surface area contributed by atoms with E-state index >= 15 is 0 Å². The molecular weight excluding hydrogens is 332 g/mol. The third-order valence-electron chi connectivity index (χ3n) is 5.17. The minimum absolute atomic E-state index is 0.312. The number of rotatable bonds is 2. The number of aromatic carboxylic acids is 1. The Labute approximate surface area is 156 Å².